The Labute approximate surface area is 103 Å². The van der Waals surface area contributed by atoms with Crippen LogP contribution in [0, 0.1) is 6.92 Å². The van der Waals surface area contributed by atoms with Crippen molar-refractivity contribution in [2.45, 2.75) is 6.92 Å². The second kappa shape index (κ2) is 4.51. The average molecular weight is 249 g/mol. The fraction of sp³-hybridized carbons (Fsp3) is 0.0833. The van der Waals surface area contributed by atoms with Crippen LogP contribution in [0.4, 0.5) is 0 Å². The Kier molecular flexibility index (Phi) is 3.06. The SMILES string of the molecule is Cc1c(-c2ncccc2C(=O)O)ccnc1Cl. The van der Waals surface area contributed by atoms with Crippen LogP contribution in [0.15, 0.2) is 30.6 Å². The molecule has 0 aliphatic carbocycles. The van der Waals surface area contributed by atoms with Crippen LogP contribution in [0.25, 0.3) is 11.3 Å². The molecular formula is C12H9ClN2O2. The van der Waals surface area contributed by atoms with Crippen LogP contribution in [-0.4, -0.2) is 21.0 Å². The van der Waals surface area contributed by atoms with Crippen LogP contribution in [0.3, 0.4) is 0 Å². The summed E-state index contributed by atoms with van der Waals surface area (Å²) in [4.78, 5) is 19.1. The third-order valence-corrected chi connectivity index (χ3v) is 2.82. The normalized spacial score (nSPS) is 10.2. The topological polar surface area (TPSA) is 63.1 Å². The van der Waals surface area contributed by atoms with Gasteiger partial charge in [0.2, 0.25) is 0 Å². The molecule has 0 aromatic carbocycles. The van der Waals surface area contributed by atoms with Crippen molar-refractivity contribution in [1.29, 1.82) is 0 Å². The first-order chi connectivity index (χ1) is 8.11. The van der Waals surface area contributed by atoms with Crippen LogP contribution >= 0.6 is 11.6 Å². The Balaban J connectivity index is 2.69. The van der Waals surface area contributed by atoms with E-state index in [1.807, 2.05) is 0 Å². The second-order valence-corrected chi connectivity index (χ2v) is 3.84. The molecule has 2 rings (SSSR count). The van der Waals surface area contributed by atoms with Crippen LogP contribution in [0.2, 0.25) is 5.15 Å². The van der Waals surface area contributed by atoms with Gasteiger partial charge in [-0.1, -0.05) is 11.6 Å². The first-order valence-electron chi connectivity index (χ1n) is 4.91. The van der Waals surface area contributed by atoms with Crippen molar-refractivity contribution in [2.24, 2.45) is 0 Å². The Morgan fingerprint density at radius 3 is 2.76 bits per heavy atom. The standard InChI is InChI=1S/C12H9ClN2O2/c1-7-8(4-6-15-11(7)13)10-9(12(16)17)3-2-5-14-10/h2-6H,1H3,(H,16,17). The summed E-state index contributed by atoms with van der Waals surface area (Å²) in [6, 6.07) is 4.81. The van der Waals surface area contributed by atoms with Crippen molar-refractivity contribution in [3.63, 3.8) is 0 Å². The minimum Gasteiger partial charge on any atom is -0.478 e. The lowest BCUT2D eigenvalue weighted by atomic mass is 10.0. The zero-order chi connectivity index (χ0) is 12.4. The number of rotatable bonds is 2. The molecular weight excluding hydrogens is 240 g/mol. The summed E-state index contributed by atoms with van der Waals surface area (Å²) in [5, 5.41) is 9.45. The average Bonchev–Trinajstić information content (AvgIpc) is 2.33. The van der Waals surface area contributed by atoms with Crippen molar-refractivity contribution in [3.05, 3.63) is 46.9 Å². The first-order valence-corrected chi connectivity index (χ1v) is 5.29. The molecule has 2 aromatic heterocycles. The van der Waals surface area contributed by atoms with Gasteiger partial charge in [-0.25, -0.2) is 9.78 Å². The highest BCUT2D eigenvalue weighted by Gasteiger charge is 2.15. The molecule has 1 N–H and O–H groups in total. The van der Waals surface area contributed by atoms with E-state index in [1.54, 1.807) is 25.3 Å². The van der Waals surface area contributed by atoms with E-state index in [0.29, 0.717) is 16.4 Å². The molecule has 4 nitrogen and oxygen atoms in total. The van der Waals surface area contributed by atoms with Gasteiger partial charge in [-0.15, -0.1) is 0 Å². The lowest BCUT2D eigenvalue weighted by Gasteiger charge is -2.08. The summed E-state index contributed by atoms with van der Waals surface area (Å²) in [6.07, 6.45) is 3.08. The molecule has 0 radical (unpaired) electrons. The van der Waals surface area contributed by atoms with Crippen LogP contribution in [0.5, 0.6) is 0 Å². The zero-order valence-electron chi connectivity index (χ0n) is 9.01. The van der Waals surface area contributed by atoms with E-state index in [2.05, 4.69) is 9.97 Å². The third-order valence-electron chi connectivity index (χ3n) is 2.44. The van der Waals surface area contributed by atoms with Gasteiger partial charge < -0.3 is 5.11 Å². The molecule has 0 spiro atoms. The summed E-state index contributed by atoms with van der Waals surface area (Å²) in [6.45, 7) is 1.78. The molecule has 5 heteroatoms. The number of carbonyl (C=O) groups is 1. The Bertz CT molecular complexity index is 584. The Hall–Kier alpha value is -1.94. The molecule has 0 fully saturated rings. The van der Waals surface area contributed by atoms with Gasteiger partial charge in [0, 0.05) is 18.0 Å². The Morgan fingerprint density at radius 1 is 1.29 bits per heavy atom. The van der Waals surface area contributed by atoms with E-state index < -0.39 is 5.97 Å². The quantitative estimate of drug-likeness (QED) is 0.830. The molecule has 0 saturated heterocycles. The summed E-state index contributed by atoms with van der Waals surface area (Å²) in [7, 11) is 0. The van der Waals surface area contributed by atoms with Crippen molar-refractivity contribution in [2.75, 3.05) is 0 Å². The van der Waals surface area contributed by atoms with Crippen molar-refractivity contribution < 1.29 is 9.90 Å². The number of halogens is 1. The van der Waals surface area contributed by atoms with E-state index in [1.165, 1.54) is 12.3 Å². The summed E-state index contributed by atoms with van der Waals surface area (Å²) in [5.74, 6) is -1.01. The Morgan fingerprint density at radius 2 is 2.06 bits per heavy atom. The number of carboxylic acids is 1. The maximum atomic E-state index is 11.1. The largest absolute Gasteiger partial charge is 0.478 e. The zero-order valence-corrected chi connectivity index (χ0v) is 9.77. The molecule has 0 unspecified atom stereocenters. The van der Waals surface area contributed by atoms with E-state index in [9.17, 15) is 4.79 Å². The van der Waals surface area contributed by atoms with Gasteiger partial charge in [-0.3, -0.25) is 4.98 Å². The molecule has 0 bridgehead atoms. The fourth-order valence-corrected chi connectivity index (χ4v) is 1.72. The smallest absolute Gasteiger partial charge is 0.337 e. The summed E-state index contributed by atoms with van der Waals surface area (Å²) >= 11 is 5.91. The highest BCUT2D eigenvalue weighted by Crippen LogP contribution is 2.27. The minimum absolute atomic E-state index is 0.151. The van der Waals surface area contributed by atoms with Gasteiger partial charge in [-0.2, -0.15) is 0 Å². The summed E-state index contributed by atoms with van der Waals surface area (Å²) < 4.78 is 0. The van der Waals surface area contributed by atoms with Crippen molar-refractivity contribution in [3.8, 4) is 11.3 Å². The van der Waals surface area contributed by atoms with Gasteiger partial charge in [0.25, 0.3) is 0 Å². The number of carboxylic acid groups (broad SMARTS) is 1. The molecule has 0 atom stereocenters. The number of hydrogen-bond acceptors (Lipinski definition) is 3. The molecule has 86 valence electrons. The van der Waals surface area contributed by atoms with Crippen LogP contribution < -0.4 is 0 Å². The number of aromatic nitrogens is 2. The van der Waals surface area contributed by atoms with Gasteiger partial charge in [0.15, 0.2) is 0 Å². The molecule has 2 aromatic rings. The highest BCUT2D eigenvalue weighted by atomic mass is 35.5. The number of nitrogens with zero attached hydrogens (tertiary/aromatic N) is 2. The fourth-order valence-electron chi connectivity index (χ4n) is 1.56. The van der Waals surface area contributed by atoms with Gasteiger partial charge in [-0.05, 0) is 30.7 Å². The van der Waals surface area contributed by atoms with Gasteiger partial charge >= 0.3 is 5.97 Å². The van der Waals surface area contributed by atoms with Crippen LogP contribution in [0.1, 0.15) is 15.9 Å². The molecule has 17 heavy (non-hydrogen) atoms. The summed E-state index contributed by atoms with van der Waals surface area (Å²) in [5.41, 5.74) is 1.96. The predicted octanol–water partition coefficient (Wildman–Crippen LogP) is 2.80. The minimum atomic E-state index is -1.01. The molecule has 2 heterocycles. The van der Waals surface area contributed by atoms with E-state index in [0.717, 1.165) is 5.56 Å². The van der Waals surface area contributed by atoms with Gasteiger partial charge in [0.1, 0.15) is 5.15 Å². The highest BCUT2D eigenvalue weighted by molar-refractivity contribution is 6.30. The number of aromatic carboxylic acids is 1. The predicted molar refractivity (Wildman–Crippen MR) is 64.2 cm³/mol. The van der Waals surface area contributed by atoms with Gasteiger partial charge in [0.05, 0.1) is 11.3 Å². The van der Waals surface area contributed by atoms with E-state index in [-0.39, 0.29) is 5.56 Å². The van der Waals surface area contributed by atoms with Crippen molar-refractivity contribution in [1.82, 2.24) is 9.97 Å². The second-order valence-electron chi connectivity index (χ2n) is 3.48. The van der Waals surface area contributed by atoms with E-state index >= 15 is 0 Å². The van der Waals surface area contributed by atoms with Crippen molar-refractivity contribution >= 4 is 17.6 Å². The van der Waals surface area contributed by atoms with E-state index in [4.69, 9.17) is 16.7 Å². The maximum absolute atomic E-state index is 11.1. The monoisotopic (exact) mass is 248 g/mol. The molecule has 0 saturated carbocycles. The molecule has 0 amide bonds. The van der Waals surface area contributed by atoms with Crippen LogP contribution in [-0.2, 0) is 0 Å². The third kappa shape index (κ3) is 2.12. The lowest BCUT2D eigenvalue weighted by Crippen LogP contribution is -2.02. The first kappa shape index (κ1) is 11.5. The lowest BCUT2D eigenvalue weighted by molar-refractivity contribution is 0.0697. The number of pyridine rings is 2. The number of hydrogen-bond donors (Lipinski definition) is 1. The molecule has 0 aliphatic heterocycles. The molecule has 0 aliphatic rings. The maximum Gasteiger partial charge on any atom is 0.337 e.